The summed E-state index contributed by atoms with van der Waals surface area (Å²) in [7, 11) is 0. The zero-order valence-corrected chi connectivity index (χ0v) is 7.41. The fraction of sp³-hybridized carbons (Fsp3) is 0.667. The summed E-state index contributed by atoms with van der Waals surface area (Å²) in [4.78, 5) is 11.1. The smallest absolute Gasteiger partial charge is 0.337 e. The van der Waals surface area contributed by atoms with Crippen LogP contribution in [0.5, 0.6) is 0 Å². The zero-order chi connectivity index (χ0) is 9.14. The first-order chi connectivity index (χ1) is 5.65. The van der Waals surface area contributed by atoms with E-state index in [0.29, 0.717) is 12.0 Å². The number of esters is 1. The van der Waals surface area contributed by atoms with E-state index in [0.717, 1.165) is 6.42 Å². The van der Waals surface area contributed by atoms with E-state index in [9.17, 15) is 9.90 Å². The highest BCUT2D eigenvalue weighted by molar-refractivity contribution is 5.91. The van der Waals surface area contributed by atoms with Gasteiger partial charge < -0.3 is 9.84 Å². The molecule has 0 aliphatic carbocycles. The molecule has 1 aliphatic rings. The van der Waals surface area contributed by atoms with Crippen molar-refractivity contribution >= 4 is 5.97 Å². The molecule has 1 rings (SSSR count). The van der Waals surface area contributed by atoms with Gasteiger partial charge >= 0.3 is 5.97 Å². The highest BCUT2D eigenvalue weighted by Crippen LogP contribution is 2.18. The van der Waals surface area contributed by atoms with Crippen molar-refractivity contribution in [3.63, 3.8) is 0 Å². The van der Waals surface area contributed by atoms with Crippen LogP contribution in [0, 0.1) is 0 Å². The molecular weight excluding hydrogens is 156 g/mol. The molecule has 0 radical (unpaired) electrons. The van der Waals surface area contributed by atoms with Crippen LogP contribution in [0.15, 0.2) is 11.6 Å². The summed E-state index contributed by atoms with van der Waals surface area (Å²) in [6.07, 6.45) is 2.34. The molecular formula is C9H14O3. The number of cyclic esters (lactones) is 1. The minimum Gasteiger partial charge on any atom is -0.455 e. The van der Waals surface area contributed by atoms with Gasteiger partial charge in [0.15, 0.2) is 0 Å². The predicted molar refractivity (Wildman–Crippen MR) is 44.6 cm³/mol. The molecule has 0 spiro atoms. The standard InChI is InChI=1S/C9H14O3/c1-3-4-8(10)7-5-6(2)12-9(7)11/h5-6,8,10H,3-4H2,1-2H3. The van der Waals surface area contributed by atoms with E-state index in [1.807, 2.05) is 6.92 Å². The monoisotopic (exact) mass is 170 g/mol. The second kappa shape index (κ2) is 3.72. The van der Waals surface area contributed by atoms with E-state index >= 15 is 0 Å². The van der Waals surface area contributed by atoms with Crippen LogP contribution in [-0.4, -0.2) is 23.3 Å². The molecule has 3 heteroatoms. The van der Waals surface area contributed by atoms with Crippen LogP contribution >= 0.6 is 0 Å². The van der Waals surface area contributed by atoms with Crippen molar-refractivity contribution in [2.45, 2.75) is 38.9 Å². The van der Waals surface area contributed by atoms with Crippen molar-refractivity contribution in [1.82, 2.24) is 0 Å². The summed E-state index contributed by atoms with van der Waals surface area (Å²) in [5.41, 5.74) is 0.421. The number of aliphatic hydroxyl groups is 1. The first kappa shape index (κ1) is 9.26. The molecule has 0 aromatic carbocycles. The van der Waals surface area contributed by atoms with Gasteiger partial charge in [-0.05, 0) is 19.4 Å². The summed E-state index contributed by atoms with van der Waals surface area (Å²) in [5.74, 6) is -0.372. The molecule has 68 valence electrons. The average Bonchev–Trinajstić information content (AvgIpc) is 2.30. The van der Waals surface area contributed by atoms with Crippen LogP contribution in [0.25, 0.3) is 0 Å². The van der Waals surface area contributed by atoms with Crippen LogP contribution in [0.3, 0.4) is 0 Å². The van der Waals surface area contributed by atoms with Gasteiger partial charge in [-0.1, -0.05) is 13.3 Å². The summed E-state index contributed by atoms with van der Waals surface area (Å²) in [5, 5.41) is 9.47. The zero-order valence-electron chi connectivity index (χ0n) is 7.41. The van der Waals surface area contributed by atoms with Gasteiger partial charge in [0, 0.05) is 0 Å². The van der Waals surface area contributed by atoms with Crippen molar-refractivity contribution < 1.29 is 14.6 Å². The molecule has 1 heterocycles. The quantitative estimate of drug-likeness (QED) is 0.643. The average molecular weight is 170 g/mol. The van der Waals surface area contributed by atoms with E-state index in [4.69, 9.17) is 4.74 Å². The van der Waals surface area contributed by atoms with E-state index in [-0.39, 0.29) is 12.1 Å². The molecule has 12 heavy (non-hydrogen) atoms. The van der Waals surface area contributed by atoms with Gasteiger partial charge in [0.1, 0.15) is 6.10 Å². The molecule has 3 nitrogen and oxygen atoms in total. The second-order valence-corrected chi connectivity index (χ2v) is 3.04. The highest BCUT2D eigenvalue weighted by atomic mass is 16.5. The molecule has 2 unspecified atom stereocenters. The van der Waals surface area contributed by atoms with E-state index < -0.39 is 6.10 Å². The lowest BCUT2D eigenvalue weighted by Crippen LogP contribution is -2.15. The summed E-state index contributed by atoms with van der Waals surface area (Å²) in [6, 6.07) is 0. The van der Waals surface area contributed by atoms with Gasteiger partial charge in [0.05, 0.1) is 11.7 Å². The molecule has 0 bridgehead atoms. The van der Waals surface area contributed by atoms with Crippen molar-refractivity contribution in [2.75, 3.05) is 0 Å². The minimum atomic E-state index is -0.646. The van der Waals surface area contributed by atoms with Gasteiger partial charge in [0.25, 0.3) is 0 Å². The number of aliphatic hydroxyl groups excluding tert-OH is 1. The number of carbonyl (C=O) groups excluding carboxylic acids is 1. The molecule has 2 atom stereocenters. The number of rotatable bonds is 3. The van der Waals surface area contributed by atoms with E-state index in [1.165, 1.54) is 0 Å². The Morgan fingerprint density at radius 1 is 1.75 bits per heavy atom. The normalized spacial score (nSPS) is 25.1. The largest absolute Gasteiger partial charge is 0.455 e. The Hall–Kier alpha value is -0.830. The fourth-order valence-corrected chi connectivity index (χ4v) is 1.27. The van der Waals surface area contributed by atoms with Crippen LogP contribution < -0.4 is 0 Å². The highest BCUT2D eigenvalue weighted by Gasteiger charge is 2.27. The van der Waals surface area contributed by atoms with E-state index in [2.05, 4.69) is 0 Å². The lowest BCUT2D eigenvalue weighted by atomic mass is 10.1. The van der Waals surface area contributed by atoms with Crippen molar-refractivity contribution in [3.8, 4) is 0 Å². The summed E-state index contributed by atoms with van der Waals surface area (Å²) >= 11 is 0. The van der Waals surface area contributed by atoms with Gasteiger partial charge in [-0.3, -0.25) is 0 Å². The molecule has 0 saturated heterocycles. The van der Waals surface area contributed by atoms with Crippen molar-refractivity contribution in [3.05, 3.63) is 11.6 Å². The Bertz CT molecular complexity index is 208. The van der Waals surface area contributed by atoms with Crippen LogP contribution in [0.2, 0.25) is 0 Å². The maximum Gasteiger partial charge on any atom is 0.337 e. The first-order valence-corrected chi connectivity index (χ1v) is 4.26. The molecule has 0 saturated carbocycles. The molecule has 1 N–H and O–H groups in total. The third-order valence-corrected chi connectivity index (χ3v) is 1.86. The Labute approximate surface area is 72.0 Å². The van der Waals surface area contributed by atoms with Gasteiger partial charge in [0.2, 0.25) is 0 Å². The lowest BCUT2D eigenvalue weighted by molar-refractivity contribution is -0.139. The maximum atomic E-state index is 11.1. The number of carbonyl (C=O) groups is 1. The topological polar surface area (TPSA) is 46.5 Å². The Balaban J connectivity index is 2.61. The Morgan fingerprint density at radius 2 is 2.42 bits per heavy atom. The fourth-order valence-electron chi connectivity index (χ4n) is 1.27. The Kier molecular flexibility index (Phi) is 2.87. The first-order valence-electron chi connectivity index (χ1n) is 4.26. The van der Waals surface area contributed by atoms with Crippen LogP contribution in [0.4, 0.5) is 0 Å². The second-order valence-electron chi connectivity index (χ2n) is 3.04. The van der Waals surface area contributed by atoms with Crippen LogP contribution in [-0.2, 0) is 9.53 Å². The molecule has 1 aliphatic heterocycles. The van der Waals surface area contributed by atoms with Gasteiger partial charge in [-0.15, -0.1) is 0 Å². The van der Waals surface area contributed by atoms with Gasteiger partial charge in [-0.2, -0.15) is 0 Å². The van der Waals surface area contributed by atoms with Crippen LogP contribution in [0.1, 0.15) is 26.7 Å². The summed E-state index contributed by atoms with van der Waals surface area (Å²) in [6.45, 7) is 3.75. The van der Waals surface area contributed by atoms with Gasteiger partial charge in [-0.25, -0.2) is 4.79 Å². The molecule has 0 aromatic heterocycles. The molecule has 0 aromatic rings. The lowest BCUT2D eigenvalue weighted by Gasteiger charge is -2.06. The predicted octanol–water partition coefficient (Wildman–Crippen LogP) is 1.02. The SMILES string of the molecule is CCCC(O)C1=CC(C)OC1=O. The number of ether oxygens (including phenoxy) is 1. The molecule has 0 amide bonds. The number of hydrogen-bond donors (Lipinski definition) is 1. The maximum absolute atomic E-state index is 11.1. The number of hydrogen-bond acceptors (Lipinski definition) is 3. The van der Waals surface area contributed by atoms with Crippen molar-refractivity contribution in [1.29, 1.82) is 0 Å². The summed E-state index contributed by atoms with van der Waals surface area (Å²) < 4.78 is 4.85. The third-order valence-electron chi connectivity index (χ3n) is 1.86. The van der Waals surface area contributed by atoms with E-state index in [1.54, 1.807) is 13.0 Å². The van der Waals surface area contributed by atoms with Crippen molar-refractivity contribution in [2.24, 2.45) is 0 Å². The Morgan fingerprint density at radius 3 is 2.83 bits per heavy atom. The third kappa shape index (κ3) is 1.85. The molecule has 0 fully saturated rings. The minimum absolute atomic E-state index is 0.181.